The molecule has 19 heavy (non-hydrogen) atoms. The average Bonchev–Trinajstić information content (AvgIpc) is 2.25. The molecule has 2 atom stereocenters. The zero-order valence-electron chi connectivity index (χ0n) is 11.7. The van der Waals surface area contributed by atoms with Crippen LogP contribution in [0.1, 0.15) is 38.9 Å². The first-order valence-corrected chi connectivity index (χ1v) is 6.72. The molecule has 1 aromatic rings. The van der Waals surface area contributed by atoms with Crippen molar-refractivity contribution in [2.24, 2.45) is 5.92 Å². The minimum absolute atomic E-state index is 0.292. The monoisotopic (exact) mass is 269 g/mol. The molecular weight excluding hydrogens is 248 g/mol. The summed E-state index contributed by atoms with van der Waals surface area (Å²) in [5.74, 6) is -0.612. The predicted molar refractivity (Wildman–Crippen MR) is 70.9 cm³/mol. The minimum Gasteiger partial charge on any atom is -0.365 e. The Balaban J connectivity index is 2.16. The van der Waals surface area contributed by atoms with E-state index >= 15 is 0 Å². The van der Waals surface area contributed by atoms with Gasteiger partial charge in [-0.2, -0.15) is 0 Å². The number of hydrogen-bond acceptors (Lipinski definition) is 2. The lowest BCUT2D eigenvalue weighted by Gasteiger charge is -2.40. The van der Waals surface area contributed by atoms with E-state index in [2.05, 4.69) is 19.2 Å². The van der Waals surface area contributed by atoms with Gasteiger partial charge in [0.15, 0.2) is 0 Å². The number of morpholine rings is 1. The second-order valence-corrected chi connectivity index (χ2v) is 5.99. The fraction of sp³-hybridized carbons (Fsp3) is 0.600. The summed E-state index contributed by atoms with van der Waals surface area (Å²) in [6, 6.07) is 3.57. The summed E-state index contributed by atoms with van der Waals surface area (Å²) in [4.78, 5) is 0. The van der Waals surface area contributed by atoms with Gasteiger partial charge in [-0.05, 0) is 37.0 Å². The highest BCUT2D eigenvalue weighted by Crippen LogP contribution is 2.32. The lowest BCUT2D eigenvalue weighted by molar-refractivity contribution is -0.117. The Morgan fingerprint density at radius 2 is 1.95 bits per heavy atom. The Kier molecular flexibility index (Phi) is 4.21. The smallest absolute Gasteiger partial charge is 0.126 e. The molecule has 2 nitrogen and oxygen atoms in total. The molecular formula is C15H21F2NO. The van der Waals surface area contributed by atoms with Gasteiger partial charge in [-0.15, -0.1) is 0 Å². The molecule has 1 saturated heterocycles. The molecule has 1 aliphatic heterocycles. The molecule has 1 aliphatic rings. The van der Waals surface area contributed by atoms with Crippen LogP contribution in [-0.2, 0) is 4.74 Å². The molecule has 2 unspecified atom stereocenters. The zero-order valence-corrected chi connectivity index (χ0v) is 11.7. The van der Waals surface area contributed by atoms with E-state index in [-0.39, 0.29) is 11.7 Å². The van der Waals surface area contributed by atoms with Crippen molar-refractivity contribution in [3.05, 3.63) is 35.4 Å². The van der Waals surface area contributed by atoms with Gasteiger partial charge in [0.2, 0.25) is 0 Å². The Hall–Kier alpha value is -1.00. The van der Waals surface area contributed by atoms with E-state index in [9.17, 15) is 8.78 Å². The van der Waals surface area contributed by atoms with Crippen molar-refractivity contribution in [3.8, 4) is 0 Å². The standard InChI is InChI=1S/C15H21F2NO/c1-10(2)7-15(3)9-18-8-14(19-15)11-4-12(16)6-13(17)5-11/h4-6,10,14,18H,7-9H2,1-3H3. The summed E-state index contributed by atoms with van der Waals surface area (Å²) in [6.45, 7) is 7.66. The number of halogens is 2. The Morgan fingerprint density at radius 1 is 1.32 bits per heavy atom. The van der Waals surface area contributed by atoms with Gasteiger partial charge in [0.05, 0.1) is 11.7 Å². The molecule has 0 spiro atoms. The summed E-state index contributed by atoms with van der Waals surface area (Å²) in [5.41, 5.74) is 0.263. The van der Waals surface area contributed by atoms with E-state index in [0.717, 1.165) is 19.0 Å². The van der Waals surface area contributed by atoms with Gasteiger partial charge in [0.1, 0.15) is 11.6 Å². The van der Waals surface area contributed by atoms with Crippen LogP contribution in [0.2, 0.25) is 0 Å². The first-order valence-electron chi connectivity index (χ1n) is 6.72. The first kappa shape index (κ1) is 14.4. The third-order valence-corrected chi connectivity index (χ3v) is 3.35. The summed E-state index contributed by atoms with van der Waals surface area (Å²) < 4.78 is 32.6. The molecule has 106 valence electrons. The van der Waals surface area contributed by atoms with Crippen molar-refractivity contribution in [2.45, 2.75) is 38.9 Å². The summed E-state index contributed by atoms with van der Waals surface area (Å²) in [7, 11) is 0. The van der Waals surface area contributed by atoms with Crippen LogP contribution in [-0.4, -0.2) is 18.7 Å². The highest BCUT2D eigenvalue weighted by molar-refractivity contribution is 5.21. The van der Waals surface area contributed by atoms with E-state index in [1.54, 1.807) is 0 Å². The van der Waals surface area contributed by atoms with E-state index in [1.807, 2.05) is 6.92 Å². The molecule has 1 fully saturated rings. The summed E-state index contributed by atoms with van der Waals surface area (Å²) in [6.07, 6.45) is 0.608. The highest BCUT2D eigenvalue weighted by atomic mass is 19.1. The highest BCUT2D eigenvalue weighted by Gasteiger charge is 2.34. The largest absolute Gasteiger partial charge is 0.365 e. The van der Waals surface area contributed by atoms with Gasteiger partial charge >= 0.3 is 0 Å². The lowest BCUT2D eigenvalue weighted by atomic mass is 9.91. The number of rotatable bonds is 3. The van der Waals surface area contributed by atoms with Gasteiger partial charge in [-0.1, -0.05) is 13.8 Å². The van der Waals surface area contributed by atoms with Crippen LogP contribution in [0.15, 0.2) is 18.2 Å². The van der Waals surface area contributed by atoms with Crippen molar-refractivity contribution in [1.29, 1.82) is 0 Å². The van der Waals surface area contributed by atoms with Crippen molar-refractivity contribution in [2.75, 3.05) is 13.1 Å². The molecule has 0 saturated carbocycles. The van der Waals surface area contributed by atoms with Gasteiger partial charge < -0.3 is 10.1 Å². The first-order chi connectivity index (χ1) is 8.88. The van der Waals surface area contributed by atoms with Gasteiger partial charge in [-0.25, -0.2) is 8.78 Å². The minimum atomic E-state index is -0.560. The lowest BCUT2D eigenvalue weighted by Crippen LogP contribution is -2.49. The normalized spacial score (nSPS) is 27.8. The van der Waals surface area contributed by atoms with Crippen LogP contribution in [0.5, 0.6) is 0 Å². The predicted octanol–water partition coefficient (Wildman–Crippen LogP) is 3.43. The fourth-order valence-electron chi connectivity index (χ4n) is 2.83. The van der Waals surface area contributed by atoms with E-state index < -0.39 is 11.6 Å². The van der Waals surface area contributed by atoms with Crippen LogP contribution in [0.3, 0.4) is 0 Å². The van der Waals surface area contributed by atoms with Crippen molar-refractivity contribution in [1.82, 2.24) is 5.32 Å². The molecule has 2 rings (SSSR count). The van der Waals surface area contributed by atoms with E-state index in [4.69, 9.17) is 4.74 Å². The second-order valence-electron chi connectivity index (χ2n) is 5.99. The SMILES string of the molecule is CC(C)CC1(C)CNCC(c2cc(F)cc(F)c2)O1. The molecule has 0 aliphatic carbocycles. The molecule has 0 amide bonds. The number of ether oxygens (including phenoxy) is 1. The molecule has 1 N–H and O–H groups in total. The third kappa shape index (κ3) is 3.74. The Morgan fingerprint density at radius 3 is 2.53 bits per heavy atom. The number of hydrogen-bond donors (Lipinski definition) is 1. The van der Waals surface area contributed by atoms with E-state index in [1.165, 1.54) is 12.1 Å². The molecule has 1 aromatic carbocycles. The van der Waals surface area contributed by atoms with Crippen LogP contribution in [0.4, 0.5) is 8.78 Å². The second kappa shape index (κ2) is 5.55. The topological polar surface area (TPSA) is 21.3 Å². The van der Waals surface area contributed by atoms with Crippen LogP contribution in [0, 0.1) is 17.6 Å². The van der Waals surface area contributed by atoms with E-state index in [0.29, 0.717) is 18.0 Å². The third-order valence-electron chi connectivity index (χ3n) is 3.35. The molecule has 0 aromatic heterocycles. The molecule has 0 radical (unpaired) electrons. The van der Waals surface area contributed by atoms with Crippen molar-refractivity contribution < 1.29 is 13.5 Å². The Labute approximate surface area is 113 Å². The maximum Gasteiger partial charge on any atom is 0.126 e. The van der Waals surface area contributed by atoms with Crippen LogP contribution >= 0.6 is 0 Å². The Bertz CT molecular complexity index is 430. The average molecular weight is 269 g/mol. The summed E-state index contributed by atoms with van der Waals surface area (Å²) in [5, 5.41) is 3.30. The number of nitrogens with one attached hydrogen (secondary N) is 1. The van der Waals surface area contributed by atoms with Gasteiger partial charge in [-0.3, -0.25) is 0 Å². The zero-order chi connectivity index (χ0) is 14.0. The van der Waals surface area contributed by atoms with Crippen molar-refractivity contribution >= 4 is 0 Å². The maximum absolute atomic E-state index is 13.3. The maximum atomic E-state index is 13.3. The van der Waals surface area contributed by atoms with Crippen LogP contribution in [0.25, 0.3) is 0 Å². The number of benzene rings is 1. The van der Waals surface area contributed by atoms with Crippen molar-refractivity contribution in [3.63, 3.8) is 0 Å². The van der Waals surface area contributed by atoms with Crippen LogP contribution < -0.4 is 5.32 Å². The van der Waals surface area contributed by atoms with Gasteiger partial charge in [0.25, 0.3) is 0 Å². The molecule has 4 heteroatoms. The van der Waals surface area contributed by atoms with Gasteiger partial charge in [0, 0.05) is 19.2 Å². The molecule has 0 bridgehead atoms. The fourth-order valence-corrected chi connectivity index (χ4v) is 2.83. The summed E-state index contributed by atoms with van der Waals surface area (Å²) >= 11 is 0. The molecule has 1 heterocycles. The quantitative estimate of drug-likeness (QED) is 0.907.